The summed E-state index contributed by atoms with van der Waals surface area (Å²) in [6.07, 6.45) is 5.27. The van der Waals surface area contributed by atoms with E-state index in [0.717, 1.165) is 25.0 Å². The molecule has 0 amide bonds. The van der Waals surface area contributed by atoms with E-state index in [9.17, 15) is 5.11 Å². The summed E-state index contributed by atoms with van der Waals surface area (Å²) in [5.41, 5.74) is 1.65. The molecule has 0 saturated carbocycles. The van der Waals surface area contributed by atoms with Crippen LogP contribution in [0.3, 0.4) is 0 Å². The number of nitrogens with zero attached hydrogens (tertiary/aromatic N) is 2. The molecule has 0 spiro atoms. The van der Waals surface area contributed by atoms with Crippen LogP contribution in [0.1, 0.15) is 31.2 Å². The highest BCUT2D eigenvalue weighted by Crippen LogP contribution is 2.08. The molecule has 6 heteroatoms. The summed E-state index contributed by atoms with van der Waals surface area (Å²) in [4.78, 5) is 8.62. The molecule has 1 rings (SSSR count). The van der Waals surface area contributed by atoms with Crippen LogP contribution in [0.4, 0.5) is 0 Å². The summed E-state index contributed by atoms with van der Waals surface area (Å²) in [5, 5.41) is 27.4. The molecule has 1 aromatic heterocycles. The quantitative estimate of drug-likeness (QED) is 0.563. The normalized spacial score (nSPS) is 14.2. The molecular formula is C14H24N2O4. The number of hydrogen-bond acceptors (Lipinski definition) is 6. The SMILES string of the molecule is CCCCc1cnc(C[C@@H](OCCO)[C@H](O)CO)cn1. The first kappa shape index (κ1) is 17.0. The van der Waals surface area contributed by atoms with Gasteiger partial charge in [-0.25, -0.2) is 0 Å². The molecule has 1 aromatic rings. The predicted molar refractivity (Wildman–Crippen MR) is 74.3 cm³/mol. The molecule has 0 radical (unpaired) electrons. The first-order valence-corrected chi connectivity index (χ1v) is 7.02. The van der Waals surface area contributed by atoms with Crippen molar-refractivity contribution in [1.82, 2.24) is 9.97 Å². The number of hydrogen-bond donors (Lipinski definition) is 3. The molecule has 20 heavy (non-hydrogen) atoms. The Morgan fingerprint density at radius 3 is 2.45 bits per heavy atom. The van der Waals surface area contributed by atoms with Crippen LogP contribution in [0.15, 0.2) is 12.4 Å². The van der Waals surface area contributed by atoms with Crippen molar-refractivity contribution in [3.63, 3.8) is 0 Å². The summed E-state index contributed by atoms with van der Waals surface area (Å²) < 4.78 is 5.32. The average Bonchev–Trinajstić information content (AvgIpc) is 2.49. The van der Waals surface area contributed by atoms with Crippen molar-refractivity contribution in [3.8, 4) is 0 Å². The Morgan fingerprint density at radius 1 is 1.20 bits per heavy atom. The Hall–Kier alpha value is -1.08. The minimum Gasteiger partial charge on any atom is -0.394 e. The van der Waals surface area contributed by atoms with Gasteiger partial charge in [0, 0.05) is 18.8 Å². The van der Waals surface area contributed by atoms with Crippen molar-refractivity contribution in [2.75, 3.05) is 19.8 Å². The number of unbranched alkanes of at least 4 members (excludes halogenated alkanes) is 1. The van der Waals surface area contributed by atoms with Gasteiger partial charge < -0.3 is 20.1 Å². The Bertz CT molecular complexity index is 359. The molecule has 0 aliphatic carbocycles. The molecule has 2 atom stereocenters. The van der Waals surface area contributed by atoms with Gasteiger partial charge >= 0.3 is 0 Å². The third kappa shape index (κ3) is 5.92. The zero-order chi connectivity index (χ0) is 14.8. The molecule has 0 fully saturated rings. The summed E-state index contributed by atoms with van der Waals surface area (Å²) in [6, 6.07) is 0. The van der Waals surface area contributed by atoms with Gasteiger partial charge in [-0.1, -0.05) is 13.3 Å². The van der Waals surface area contributed by atoms with Crippen LogP contribution in [0, 0.1) is 0 Å². The van der Waals surface area contributed by atoms with Crippen molar-refractivity contribution < 1.29 is 20.1 Å². The van der Waals surface area contributed by atoms with E-state index in [1.54, 1.807) is 12.4 Å². The van der Waals surface area contributed by atoms with Crippen LogP contribution >= 0.6 is 0 Å². The average molecular weight is 284 g/mol. The summed E-state index contributed by atoms with van der Waals surface area (Å²) in [6.45, 7) is 1.72. The molecule has 6 nitrogen and oxygen atoms in total. The highest BCUT2D eigenvalue weighted by molar-refractivity contribution is 5.04. The first-order valence-electron chi connectivity index (χ1n) is 7.02. The maximum absolute atomic E-state index is 9.67. The van der Waals surface area contributed by atoms with Crippen molar-refractivity contribution in [2.24, 2.45) is 0 Å². The fraction of sp³-hybridized carbons (Fsp3) is 0.714. The molecular weight excluding hydrogens is 260 g/mol. The summed E-state index contributed by atoms with van der Waals surface area (Å²) in [7, 11) is 0. The van der Waals surface area contributed by atoms with Gasteiger partial charge in [0.2, 0.25) is 0 Å². The van der Waals surface area contributed by atoms with Crippen LogP contribution in [0.2, 0.25) is 0 Å². The lowest BCUT2D eigenvalue weighted by Gasteiger charge is -2.21. The Morgan fingerprint density at radius 2 is 1.90 bits per heavy atom. The van der Waals surface area contributed by atoms with Crippen LogP contribution in [-0.2, 0) is 17.6 Å². The summed E-state index contributed by atoms with van der Waals surface area (Å²) >= 11 is 0. The van der Waals surface area contributed by atoms with Gasteiger partial charge in [0.05, 0.1) is 37.3 Å². The van der Waals surface area contributed by atoms with Crippen LogP contribution in [0.25, 0.3) is 0 Å². The van der Waals surface area contributed by atoms with Gasteiger partial charge in [-0.15, -0.1) is 0 Å². The summed E-state index contributed by atoms with van der Waals surface area (Å²) in [5.74, 6) is 0. The zero-order valence-corrected chi connectivity index (χ0v) is 11.9. The number of ether oxygens (including phenoxy) is 1. The van der Waals surface area contributed by atoms with Gasteiger partial charge in [-0.05, 0) is 12.8 Å². The smallest absolute Gasteiger partial charge is 0.104 e. The molecule has 0 saturated heterocycles. The van der Waals surface area contributed by atoms with E-state index >= 15 is 0 Å². The predicted octanol–water partition coefficient (Wildman–Crippen LogP) is 0.0924. The van der Waals surface area contributed by atoms with E-state index in [-0.39, 0.29) is 13.2 Å². The van der Waals surface area contributed by atoms with E-state index in [2.05, 4.69) is 16.9 Å². The number of rotatable bonds is 10. The molecule has 1 heterocycles. The second kappa shape index (κ2) is 9.77. The minimum absolute atomic E-state index is 0.115. The van der Waals surface area contributed by atoms with E-state index in [4.69, 9.17) is 14.9 Å². The van der Waals surface area contributed by atoms with Gasteiger partial charge in [0.1, 0.15) is 6.10 Å². The zero-order valence-electron chi connectivity index (χ0n) is 11.9. The monoisotopic (exact) mass is 284 g/mol. The number of aliphatic hydroxyl groups is 3. The van der Waals surface area contributed by atoms with E-state index in [1.807, 2.05) is 0 Å². The molecule has 0 aliphatic rings. The molecule has 0 aliphatic heterocycles. The van der Waals surface area contributed by atoms with E-state index in [0.29, 0.717) is 12.1 Å². The lowest BCUT2D eigenvalue weighted by atomic mass is 10.1. The number of aromatic nitrogens is 2. The van der Waals surface area contributed by atoms with Gasteiger partial charge in [0.25, 0.3) is 0 Å². The van der Waals surface area contributed by atoms with Crippen LogP contribution in [-0.4, -0.2) is 57.3 Å². The maximum atomic E-state index is 9.67. The highest BCUT2D eigenvalue weighted by atomic mass is 16.5. The van der Waals surface area contributed by atoms with Crippen molar-refractivity contribution in [1.29, 1.82) is 0 Å². The fourth-order valence-electron chi connectivity index (χ4n) is 1.81. The first-order chi connectivity index (χ1) is 9.71. The Kier molecular flexibility index (Phi) is 8.29. The molecule has 3 N–H and O–H groups in total. The van der Waals surface area contributed by atoms with Crippen molar-refractivity contribution >= 4 is 0 Å². The lowest BCUT2D eigenvalue weighted by molar-refractivity contribution is -0.0651. The standard InChI is InChI=1S/C14H24N2O4/c1-2-3-4-11-8-16-12(9-15-11)7-14(13(19)10-18)20-6-5-17/h8-9,13-14,17-19H,2-7,10H2,1H3/t13-,14-/m1/s1. The van der Waals surface area contributed by atoms with Crippen molar-refractivity contribution in [3.05, 3.63) is 23.8 Å². The van der Waals surface area contributed by atoms with Crippen LogP contribution < -0.4 is 0 Å². The topological polar surface area (TPSA) is 95.7 Å². The van der Waals surface area contributed by atoms with E-state index < -0.39 is 18.8 Å². The Balaban J connectivity index is 2.58. The third-order valence-electron chi connectivity index (χ3n) is 3.00. The Labute approximate surface area is 119 Å². The maximum Gasteiger partial charge on any atom is 0.104 e. The second-order valence-electron chi connectivity index (χ2n) is 4.69. The van der Waals surface area contributed by atoms with Gasteiger partial charge in [0.15, 0.2) is 0 Å². The van der Waals surface area contributed by atoms with Crippen LogP contribution in [0.5, 0.6) is 0 Å². The van der Waals surface area contributed by atoms with Gasteiger partial charge in [-0.2, -0.15) is 0 Å². The van der Waals surface area contributed by atoms with E-state index in [1.165, 1.54) is 0 Å². The molecule has 0 unspecified atom stereocenters. The molecule has 0 aromatic carbocycles. The van der Waals surface area contributed by atoms with Crippen molar-refractivity contribution in [2.45, 2.75) is 44.8 Å². The minimum atomic E-state index is -0.997. The van der Waals surface area contributed by atoms with Gasteiger partial charge in [-0.3, -0.25) is 9.97 Å². The lowest BCUT2D eigenvalue weighted by Crippen LogP contribution is -2.35. The number of aryl methyl sites for hydroxylation is 1. The third-order valence-corrected chi connectivity index (χ3v) is 3.00. The highest BCUT2D eigenvalue weighted by Gasteiger charge is 2.20. The second-order valence-corrected chi connectivity index (χ2v) is 4.69. The fourth-order valence-corrected chi connectivity index (χ4v) is 1.81. The molecule has 114 valence electrons. The molecule has 0 bridgehead atoms. The number of aliphatic hydroxyl groups excluding tert-OH is 3. The largest absolute Gasteiger partial charge is 0.394 e.